The summed E-state index contributed by atoms with van der Waals surface area (Å²) in [6, 6.07) is 0. The number of rotatable bonds is 5. The molecule has 1 saturated heterocycles. The lowest BCUT2D eigenvalue weighted by molar-refractivity contribution is -0.136. The molecular weight excluding hydrogens is 252 g/mol. The number of nitrogens with zero attached hydrogens (tertiary/aromatic N) is 1. The van der Waals surface area contributed by atoms with Gasteiger partial charge in [0.1, 0.15) is 9.84 Å². The highest BCUT2D eigenvalue weighted by Crippen LogP contribution is 2.08. The molecule has 96 valence electrons. The highest BCUT2D eigenvalue weighted by molar-refractivity contribution is 7.90. The van der Waals surface area contributed by atoms with Crippen LogP contribution in [0, 0.1) is 5.92 Å². The summed E-state index contributed by atoms with van der Waals surface area (Å²) in [6.45, 7) is 4.18. The molecule has 0 saturated carbocycles. The van der Waals surface area contributed by atoms with Gasteiger partial charge in [-0.2, -0.15) is 0 Å². The minimum absolute atomic E-state index is 0. The van der Waals surface area contributed by atoms with Crippen molar-refractivity contribution in [1.29, 1.82) is 0 Å². The summed E-state index contributed by atoms with van der Waals surface area (Å²) in [6.07, 6.45) is 1.19. The summed E-state index contributed by atoms with van der Waals surface area (Å²) in [5, 5.41) is 3.03. The summed E-state index contributed by atoms with van der Waals surface area (Å²) < 4.78 is 22.0. The molecule has 0 atom stereocenters. The van der Waals surface area contributed by atoms with Crippen molar-refractivity contribution in [3.63, 3.8) is 0 Å². The maximum atomic E-state index is 11.8. The Bertz CT molecular complexity index is 328. The Balaban J connectivity index is 0.00000225. The minimum atomic E-state index is -2.99. The zero-order chi connectivity index (χ0) is 11.5. The number of hydrogen-bond donors (Lipinski definition) is 1. The van der Waals surface area contributed by atoms with Crippen molar-refractivity contribution in [3.05, 3.63) is 0 Å². The normalized spacial score (nSPS) is 16.1. The number of amides is 1. The van der Waals surface area contributed by atoms with Gasteiger partial charge < -0.3 is 10.2 Å². The largest absolute Gasteiger partial charge is 0.342 e. The van der Waals surface area contributed by atoms with E-state index in [1.807, 2.05) is 6.92 Å². The second-order valence-corrected chi connectivity index (χ2v) is 6.16. The first-order chi connectivity index (χ1) is 6.94. The van der Waals surface area contributed by atoms with E-state index in [9.17, 15) is 13.2 Å². The van der Waals surface area contributed by atoms with E-state index in [4.69, 9.17) is 0 Å². The predicted octanol–water partition coefficient (Wildman–Crippen LogP) is -0.479. The van der Waals surface area contributed by atoms with Gasteiger partial charge in [0.15, 0.2) is 0 Å². The Kier molecular flexibility index (Phi) is 6.28. The van der Waals surface area contributed by atoms with E-state index in [0.29, 0.717) is 26.2 Å². The van der Waals surface area contributed by atoms with Gasteiger partial charge in [-0.15, -0.1) is 12.4 Å². The molecule has 1 aliphatic rings. The lowest BCUT2D eigenvalue weighted by atomic mass is 10.0. The van der Waals surface area contributed by atoms with Gasteiger partial charge in [0.2, 0.25) is 5.91 Å². The fourth-order valence-electron chi connectivity index (χ4n) is 1.42. The van der Waals surface area contributed by atoms with Gasteiger partial charge in [0.05, 0.1) is 11.7 Å². The molecular formula is C9H19ClN2O3S. The van der Waals surface area contributed by atoms with Gasteiger partial charge in [-0.05, 0) is 6.92 Å². The Morgan fingerprint density at radius 3 is 2.31 bits per heavy atom. The zero-order valence-electron chi connectivity index (χ0n) is 9.60. The highest BCUT2D eigenvalue weighted by Gasteiger charge is 2.28. The molecule has 0 unspecified atom stereocenters. The van der Waals surface area contributed by atoms with Crippen LogP contribution in [0.25, 0.3) is 0 Å². The SMILES string of the molecule is CCN(CCS(C)(=O)=O)C(=O)C1CNC1.Cl. The fraction of sp³-hybridized carbons (Fsp3) is 0.889. The van der Waals surface area contributed by atoms with E-state index in [2.05, 4.69) is 5.32 Å². The van der Waals surface area contributed by atoms with Crippen LogP contribution in [0.4, 0.5) is 0 Å². The molecule has 1 fully saturated rings. The average Bonchev–Trinajstić information content (AvgIpc) is 1.99. The van der Waals surface area contributed by atoms with Gasteiger partial charge in [-0.25, -0.2) is 8.42 Å². The van der Waals surface area contributed by atoms with Crippen molar-refractivity contribution >= 4 is 28.2 Å². The Hall–Kier alpha value is -0.330. The molecule has 0 radical (unpaired) electrons. The summed E-state index contributed by atoms with van der Waals surface area (Å²) in [4.78, 5) is 13.4. The van der Waals surface area contributed by atoms with Crippen LogP contribution in [0.1, 0.15) is 6.92 Å². The van der Waals surface area contributed by atoms with Gasteiger partial charge >= 0.3 is 0 Å². The molecule has 1 N–H and O–H groups in total. The van der Waals surface area contributed by atoms with E-state index < -0.39 is 9.84 Å². The Morgan fingerprint density at radius 2 is 2.00 bits per heavy atom. The van der Waals surface area contributed by atoms with Crippen LogP contribution in [0.5, 0.6) is 0 Å². The van der Waals surface area contributed by atoms with Crippen LogP contribution >= 0.6 is 12.4 Å². The third-order valence-electron chi connectivity index (χ3n) is 2.56. The number of sulfone groups is 1. The van der Waals surface area contributed by atoms with Crippen LogP contribution in [0.2, 0.25) is 0 Å². The monoisotopic (exact) mass is 270 g/mol. The molecule has 1 rings (SSSR count). The van der Waals surface area contributed by atoms with Crippen LogP contribution in [-0.4, -0.2) is 57.4 Å². The van der Waals surface area contributed by atoms with Crippen molar-refractivity contribution in [2.45, 2.75) is 6.92 Å². The maximum Gasteiger partial charge on any atom is 0.228 e. The molecule has 0 aromatic heterocycles. The van der Waals surface area contributed by atoms with Gasteiger partial charge in [-0.3, -0.25) is 4.79 Å². The van der Waals surface area contributed by atoms with E-state index in [1.54, 1.807) is 4.90 Å². The smallest absolute Gasteiger partial charge is 0.228 e. The third kappa shape index (κ3) is 4.67. The topological polar surface area (TPSA) is 66.5 Å². The van der Waals surface area contributed by atoms with Crippen molar-refractivity contribution < 1.29 is 13.2 Å². The fourth-order valence-corrected chi connectivity index (χ4v) is 1.97. The average molecular weight is 271 g/mol. The third-order valence-corrected chi connectivity index (χ3v) is 3.48. The lowest BCUT2D eigenvalue weighted by Crippen LogP contribution is -2.52. The molecule has 7 heteroatoms. The molecule has 0 bridgehead atoms. The second-order valence-electron chi connectivity index (χ2n) is 3.90. The number of halogens is 1. The maximum absolute atomic E-state index is 11.8. The van der Waals surface area contributed by atoms with E-state index in [-0.39, 0.29) is 30.0 Å². The molecule has 1 heterocycles. The summed E-state index contributed by atoms with van der Waals surface area (Å²) in [5.41, 5.74) is 0. The van der Waals surface area contributed by atoms with Gasteiger partial charge in [0, 0.05) is 32.4 Å². The van der Waals surface area contributed by atoms with Crippen LogP contribution < -0.4 is 5.32 Å². The minimum Gasteiger partial charge on any atom is -0.342 e. The number of carbonyl (C=O) groups is 1. The second kappa shape index (κ2) is 6.42. The Morgan fingerprint density at radius 1 is 1.44 bits per heavy atom. The van der Waals surface area contributed by atoms with Crippen molar-refractivity contribution in [3.8, 4) is 0 Å². The van der Waals surface area contributed by atoms with Gasteiger partial charge in [-0.1, -0.05) is 0 Å². The first kappa shape index (κ1) is 15.7. The molecule has 5 nitrogen and oxygen atoms in total. The zero-order valence-corrected chi connectivity index (χ0v) is 11.2. The van der Waals surface area contributed by atoms with E-state index in [1.165, 1.54) is 6.26 Å². The molecule has 1 aliphatic heterocycles. The summed E-state index contributed by atoms with van der Waals surface area (Å²) >= 11 is 0. The van der Waals surface area contributed by atoms with Crippen LogP contribution in [0.15, 0.2) is 0 Å². The molecule has 16 heavy (non-hydrogen) atoms. The first-order valence-corrected chi connectivity index (χ1v) is 7.17. The highest BCUT2D eigenvalue weighted by atomic mass is 35.5. The summed E-state index contributed by atoms with van der Waals surface area (Å²) in [7, 11) is -2.99. The van der Waals surface area contributed by atoms with E-state index >= 15 is 0 Å². The number of carbonyl (C=O) groups excluding carboxylic acids is 1. The lowest BCUT2D eigenvalue weighted by Gasteiger charge is -2.31. The quantitative estimate of drug-likeness (QED) is 0.733. The molecule has 0 aliphatic carbocycles. The predicted molar refractivity (Wildman–Crippen MR) is 65.6 cm³/mol. The Labute approximate surface area is 103 Å². The molecule has 0 spiro atoms. The van der Waals surface area contributed by atoms with Gasteiger partial charge in [0.25, 0.3) is 0 Å². The van der Waals surface area contributed by atoms with Crippen molar-refractivity contribution in [2.75, 3.05) is 38.2 Å². The van der Waals surface area contributed by atoms with Crippen molar-refractivity contribution in [2.24, 2.45) is 5.92 Å². The van der Waals surface area contributed by atoms with Crippen LogP contribution in [-0.2, 0) is 14.6 Å². The number of nitrogens with one attached hydrogen (secondary N) is 1. The van der Waals surface area contributed by atoms with Crippen LogP contribution in [0.3, 0.4) is 0 Å². The molecule has 0 aromatic carbocycles. The summed E-state index contributed by atoms with van der Waals surface area (Å²) in [5.74, 6) is 0.164. The number of hydrogen-bond acceptors (Lipinski definition) is 4. The standard InChI is InChI=1S/C9H18N2O3S.ClH/c1-3-11(4-5-15(2,13)14)9(12)8-6-10-7-8;/h8,10H,3-7H2,1-2H3;1H. The van der Waals surface area contributed by atoms with Crippen molar-refractivity contribution in [1.82, 2.24) is 10.2 Å². The first-order valence-electron chi connectivity index (χ1n) is 5.11. The molecule has 1 amide bonds. The molecule has 0 aromatic rings. The van der Waals surface area contributed by atoms with E-state index in [0.717, 1.165) is 0 Å².